The number of hydrogen-bond donors (Lipinski definition) is 0. The van der Waals surface area contributed by atoms with Gasteiger partial charge in [0.2, 0.25) is 0 Å². The maximum absolute atomic E-state index is 4.45. The van der Waals surface area contributed by atoms with E-state index in [9.17, 15) is 0 Å². The molecule has 0 aromatic carbocycles. The third kappa shape index (κ3) is 2.59. The fourth-order valence-electron chi connectivity index (χ4n) is 2.69. The molecule has 2 aliphatic heterocycles. The van der Waals surface area contributed by atoms with Crippen LogP contribution in [0.4, 0.5) is 0 Å². The molecular weight excluding hydrogens is 344 g/mol. The van der Waals surface area contributed by atoms with E-state index in [0.29, 0.717) is 5.41 Å². The topological polar surface area (TPSA) is 17.3 Å². The third-order valence-corrected chi connectivity index (χ3v) is 3.80. The Hall–Kier alpha value is 0.608. The van der Waals surface area contributed by atoms with E-state index in [1.54, 1.807) is 0 Å². The summed E-state index contributed by atoms with van der Waals surface area (Å²) in [7, 11) is 0. The van der Waals surface area contributed by atoms with Crippen molar-refractivity contribution in [1.29, 1.82) is 0 Å². The largest absolute Gasteiger partial charge is 0.662 e. The van der Waals surface area contributed by atoms with Crippen molar-refractivity contribution < 1.29 is 21.1 Å². The molecule has 0 amide bonds. The number of piperidine rings is 1. The standard InChI is InChI=1S/C11H21N2.W/c1-10(2)13-8-5-11(9-13)3-6-12-7-4-11;/h10H,3-9H2,1-2H3;/q-1;. The van der Waals surface area contributed by atoms with Crippen molar-refractivity contribution in [2.24, 2.45) is 5.41 Å². The maximum atomic E-state index is 4.45. The normalized spacial score (nSPS) is 26.8. The first-order chi connectivity index (χ1) is 6.22. The van der Waals surface area contributed by atoms with Gasteiger partial charge in [-0.3, -0.25) is 0 Å². The molecule has 0 N–H and O–H groups in total. The van der Waals surface area contributed by atoms with Crippen LogP contribution >= 0.6 is 0 Å². The first-order valence-corrected chi connectivity index (χ1v) is 5.59. The summed E-state index contributed by atoms with van der Waals surface area (Å²) < 4.78 is 0. The molecular formula is C11H21N2W-. The maximum Gasteiger partial charge on any atom is 0.00399 e. The third-order valence-electron chi connectivity index (χ3n) is 3.80. The molecule has 0 bridgehead atoms. The minimum atomic E-state index is 0. The predicted octanol–water partition coefficient (Wildman–Crippen LogP) is 2.25. The Bertz CT molecular complexity index is 176. The summed E-state index contributed by atoms with van der Waals surface area (Å²) in [6, 6.07) is 0.734. The van der Waals surface area contributed by atoms with Crippen LogP contribution < -0.4 is 0 Å². The van der Waals surface area contributed by atoms with Crippen molar-refractivity contribution in [3.8, 4) is 0 Å². The predicted molar refractivity (Wildman–Crippen MR) is 56.1 cm³/mol. The summed E-state index contributed by atoms with van der Waals surface area (Å²) in [5.41, 5.74) is 0.659. The summed E-state index contributed by atoms with van der Waals surface area (Å²) in [5.74, 6) is 0. The van der Waals surface area contributed by atoms with E-state index >= 15 is 0 Å². The van der Waals surface area contributed by atoms with E-state index in [4.69, 9.17) is 0 Å². The molecule has 1 spiro atoms. The molecule has 2 saturated heterocycles. The summed E-state index contributed by atoms with van der Waals surface area (Å²) in [4.78, 5) is 2.63. The average molecular weight is 365 g/mol. The number of rotatable bonds is 1. The van der Waals surface area contributed by atoms with E-state index in [-0.39, 0.29) is 21.1 Å². The van der Waals surface area contributed by atoms with Gasteiger partial charge in [-0.2, -0.15) is 0 Å². The smallest absolute Gasteiger partial charge is 0.00399 e. The molecule has 2 aliphatic rings. The van der Waals surface area contributed by atoms with Crippen LogP contribution in [-0.2, 0) is 21.1 Å². The van der Waals surface area contributed by atoms with Crippen molar-refractivity contribution in [2.75, 3.05) is 26.2 Å². The second-order valence-electron chi connectivity index (χ2n) is 4.99. The number of nitrogens with zero attached hydrogens (tertiary/aromatic N) is 2. The van der Waals surface area contributed by atoms with Crippen LogP contribution in [0.5, 0.6) is 0 Å². The number of likely N-dealkylation sites (tertiary alicyclic amines) is 1. The van der Waals surface area contributed by atoms with Crippen LogP contribution in [0, 0.1) is 5.41 Å². The molecule has 3 heteroatoms. The Morgan fingerprint density at radius 2 is 1.79 bits per heavy atom. The monoisotopic (exact) mass is 365 g/mol. The summed E-state index contributed by atoms with van der Waals surface area (Å²) in [6.45, 7) is 9.51. The van der Waals surface area contributed by atoms with Crippen LogP contribution in [0.1, 0.15) is 33.1 Å². The van der Waals surface area contributed by atoms with Gasteiger partial charge in [0, 0.05) is 33.7 Å². The molecule has 0 aromatic heterocycles. The second kappa shape index (κ2) is 5.09. The van der Waals surface area contributed by atoms with Crippen molar-refractivity contribution in [3.05, 3.63) is 5.32 Å². The average Bonchev–Trinajstić information content (AvgIpc) is 2.51. The molecule has 2 heterocycles. The fourth-order valence-corrected chi connectivity index (χ4v) is 2.69. The molecule has 2 fully saturated rings. The molecule has 14 heavy (non-hydrogen) atoms. The Morgan fingerprint density at radius 1 is 1.14 bits per heavy atom. The Balaban J connectivity index is 0.000000980. The van der Waals surface area contributed by atoms with Gasteiger partial charge < -0.3 is 10.2 Å². The molecule has 0 aliphatic carbocycles. The van der Waals surface area contributed by atoms with Gasteiger partial charge in [-0.1, -0.05) is 12.8 Å². The zero-order valence-corrected chi connectivity index (χ0v) is 12.3. The van der Waals surface area contributed by atoms with Crippen LogP contribution in [0.15, 0.2) is 0 Å². The zero-order chi connectivity index (χ0) is 9.31. The first kappa shape index (κ1) is 12.7. The minimum Gasteiger partial charge on any atom is -0.662 e. The molecule has 0 saturated carbocycles. The molecule has 2 nitrogen and oxygen atoms in total. The van der Waals surface area contributed by atoms with Gasteiger partial charge in [0.25, 0.3) is 0 Å². The second-order valence-corrected chi connectivity index (χ2v) is 4.99. The van der Waals surface area contributed by atoms with Crippen LogP contribution in [0.2, 0.25) is 0 Å². The van der Waals surface area contributed by atoms with Crippen molar-refractivity contribution in [2.45, 2.75) is 39.2 Å². The quantitative estimate of drug-likeness (QED) is 0.697. The molecule has 0 aromatic rings. The van der Waals surface area contributed by atoms with Crippen molar-refractivity contribution >= 4 is 0 Å². The van der Waals surface area contributed by atoms with Gasteiger partial charge >= 0.3 is 0 Å². The molecule has 0 atom stereocenters. The SMILES string of the molecule is CC(C)N1CCC2(CC[N-]CC2)C1.[W]. The van der Waals surface area contributed by atoms with Gasteiger partial charge in [-0.25, -0.2) is 0 Å². The van der Waals surface area contributed by atoms with E-state index in [1.165, 1.54) is 32.4 Å². The Labute approximate surface area is 102 Å². The van der Waals surface area contributed by atoms with Gasteiger partial charge in [-0.15, -0.1) is 13.1 Å². The van der Waals surface area contributed by atoms with Gasteiger partial charge in [0.15, 0.2) is 0 Å². The van der Waals surface area contributed by atoms with E-state index < -0.39 is 0 Å². The van der Waals surface area contributed by atoms with E-state index in [1.807, 2.05) is 0 Å². The number of hydrogen-bond acceptors (Lipinski definition) is 1. The fraction of sp³-hybridized carbons (Fsp3) is 1.00. The van der Waals surface area contributed by atoms with Gasteiger partial charge in [0.05, 0.1) is 0 Å². The summed E-state index contributed by atoms with van der Waals surface area (Å²) in [6.07, 6.45) is 4.10. The molecule has 0 radical (unpaired) electrons. The van der Waals surface area contributed by atoms with Crippen LogP contribution in [-0.4, -0.2) is 37.1 Å². The van der Waals surface area contributed by atoms with E-state index in [2.05, 4.69) is 24.1 Å². The van der Waals surface area contributed by atoms with E-state index in [0.717, 1.165) is 19.1 Å². The summed E-state index contributed by atoms with van der Waals surface area (Å²) >= 11 is 0. The van der Waals surface area contributed by atoms with Crippen LogP contribution in [0.25, 0.3) is 5.32 Å². The molecule has 82 valence electrons. The van der Waals surface area contributed by atoms with Gasteiger partial charge in [-0.05, 0) is 32.2 Å². The molecule has 2 rings (SSSR count). The first-order valence-electron chi connectivity index (χ1n) is 5.59. The molecule has 0 unspecified atom stereocenters. The zero-order valence-electron chi connectivity index (χ0n) is 9.33. The Morgan fingerprint density at radius 3 is 2.29 bits per heavy atom. The van der Waals surface area contributed by atoms with Gasteiger partial charge in [0.1, 0.15) is 0 Å². The summed E-state index contributed by atoms with van der Waals surface area (Å²) in [5, 5.41) is 4.45. The Kier molecular flexibility index (Phi) is 4.61. The minimum absolute atomic E-state index is 0. The van der Waals surface area contributed by atoms with Crippen LogP contribution in [0.3, 0.4) is 0 Å². The van der Waals surface area contributed by atoms with Crippen molar-refractivity contribution in [3.63, 3.8) is 0 Å². The van der Waals surface area contributed by atoms with Crippen molar-refractivity contribution in [1.82, 2.24) is 4.90 Å².